The lowest BCUT2D eigenvalue weighted by Crippen LogP contribution is -2.44. The zero-order valence-corrected chi connectivity index (χ0v) is 16.1. The van der Waals surface area contributed by atoms with E-state index in [1.807, 2.05) is 20.8 Å². The number of aromatic nitrogens is 2. The van der Waals surface area contributed by atoms with Crippen LogP contribution in [0.4, 0.5) is 0 Å². The molecule has 1 amide bonds. The largest absolute Gasteiger partial charge is 0.456 e. The Kier molecular flexibility index (Phi) is 7.12. The second kappa shape index (κ2) is 8.43. The van der Waals surface area contributed by atoms with E-state index in [0.717, 1.165) is 6.42 Å². The number of sulfonamides is 1. The highest BCUT2D eigenvalue weighted by atomic mass is 32.2. The summed E-state index contributed by atoms with van der Waals surface area (Å²) in [5.41, 5.74) is -0.375. The zero-order valence-electron chi connectivity index (χ0n) is 15.2. The van der Waals surface area contributed by atoms with Gasteiger partial charge in [-0.3, -0.25) is 9.59 Å². The van der Waals surface area contributed by atoms with Crippen molar-refractivity contribution in [2.75, 3.05) is 13.2 Å². The van der Waals surface area contributed by atoms with Gasteiger partial charge in [-0.15, -0.1) is 0 Å². The number of imidazole rings is 1. The molecular formula is C15H26N4O5S. The first-order chi connectivity index (χ1) is 11.5. The number of nitrogens with one attached hydrogen (secondary N) is 2. The van der Waals surface area contributed by atoms with Crippen LogP contribution in [-0.4, -0.2) is 48.5 Å². The molecule has 0 bridgehead atoms. The summed E-state index contributed by atoms with van der Waals surface area (Å²) in [5.74, 6) is -0.505. The van der Waals surface area contributed by atoms with Crippen LogP contribution in [0, 0.1) is 6.92 Å². The molecule has 0 fully saturated rings. The van der Waals surface area contributed by atoms with E-state index in [-0.39, 0.29) is 23.5 Å². The van der Waals surface area contributed by atoms with Gasteiger partial charge < -0.3 is 14.6 Å². The molecule has 1 aromatic rings. The summed E-state index contributed by atoms with van der Waals surface area (Å²) < 4.78 is 32.8. The summed E-state index contributed by atoms with van der Waals surface area (Å²) in [6, 6.07) is 0. The highest BCUT2D eigenvalue weighted by Gasteiger charge is 2.20. The first kappa shape index (κ1) is 21.1. The average molecular weight is 374 g/mol. The van der Waals surface area contributed by atoms with Crippen molar-refractivity contribution in [3.63, 3.8) is 0 Å². The average Bonchev–Trinajstić information content (AvgIpc) is 2.85. The molecule has 9 nitrogen and oxygen atoms in total. The van der Waals surface area contributed by atoms with Crippen LogP contribution in [0.5, 0.6) is 0 Å². The quantitative estimate of drug-likeness (QED) is 0.598. The molecule has 1 rings (SSSR count). The maximum atomic E-state index is 12.0. The molecule has 0 saturated carbocycles. The van der Waals surface area contributed by atoms with Crippen LogP contribution in [0.1, 0.15) is 39.4 Å². The van der Waals surface area contributed by atoms with Crippen molar-refractivity contribution in [3.05, 3.63) is 12.0 Å². The summed E-state index contributed by atoms with van der Waals surface area (Å²) in [7, 11) is -2.10. The lowest BCUT2D eigenvalue weighted by molar-refractivity contribution is -0.148. The van der Waals surface area contributed by atoms with E-state index >= 15 is 0 Å². The van der Waals surface area contributed by atoms with E-state index in [2.05, 4.69) is 15.0 Å². The third-order valence-corrected chi connectivity index (χ3v) is 5.04. The number of nitrogens with zero attached hydrogens (tertiary/aromatic N) is 2. The van der Waals surface area contributed by atoms with Gasteiger partial charge in [0, 0.05) is 25.3 Å². The molecule has 0 spiro atoms. The Bertz CT molecular complexity index is 705. The van der Waals surface area contributed by atoms with Crippen molar-refractivity contribution >= 4 is 21.9 Å². The Balaban J connectivity index is 2.38. The summed E-state index contributed by atoms with van der Waals surface area (Å²) in [6.07, 6.45) is 1.94. The standard InChI is InChI=1S/C15H26N4O5S/c1-6-15(3,4)18-12(20)10-24-14(21)7-8-16-25(22,23)13-9-19(5)11(2)17-13/h9,16H,6-8,10H2,1-5H3,(H,18,20). The lowest BCUT2D eigenvalue weighted by Gasteiger charge is -2.24. The Labute approximate surface area is 148 Å². The minimum Gasteiger partial charge on any atom is -0.456 e. The maximum absolute atomic E-state index is 12.0. The van der Waals surface area contributed by atoms with Gasteiger partial charge in [0.15, 0.2) is 11.6 Å². The van der Waals surface area contributed by atoms with Crippen LogP contribution in [-0.2, 0) is 31.4 Å². The summed E-state index contributed by atoms with van der Waals surface area (Å²) in [6.45, 7) is 6.80. The molecule has 0 radical (unpaired) electrons. The highest BCUT2D eigenvalue weighted by Crippen LogP contribution is 2.08. The fourth-order valence-electron chi connectivity index (χ4n) is 1.74. The number of hydrogen-bond donors (Lipinski definition) is 2. The third-order valence-electron chi connectivity index (χ3n) is 3.71. The Hall–Kier alpha value is -1.94. The van der Waals surface area contributed by atoms with Crippen molar-refractivity contribution in [1.82, 2.24) is 19.6 Å². The number of esters is 1. The fourth-order valence-corrected chi connectivity index (χ4v) is 2.81. The molecule has 0 atom stereocenters. The molecule has 142 valence electrons. The van der Waals surface area contributed by atoms with Gasteiger partial charge in [-0.05, 0) is 27.2 Å². The molecule has 10 heteroatoms. The number of carbonyl (C=O) groups excluding carboxylic acids is 2. The van der Waals surface area contributed by atoms with E-state index < -0.39 is 28.5 Å². The summed E-state index contributed by atoms with van der Waals surface area (Å²) in [5, 5.41) is 2.62. The molecule has 0 unspecified atom stereocenters. The van der Waals surface area contributed by atoms with Gasteiger partial charge in [0.1, 0.15) is 5.82 Å². The predicted octanol–water partition coefficient (Wildman–Crippen LogP) is 0.245. The van der Waals surface area contributed by atoms with Crippen molar-refractivity contribution in [2.45, 2.75) is 51.1 Å². The molecular weight excluding hydrogens is 348 g/mol. The molecule has 0 aliphatic heterocycles. The topological polar surface area (TPSA) is 119 Å². The SMILES string of the molecule is CCC(C)(C)NC(=O)COC(=O)CCNS(=O)(=O)c1cn(C)c(C)n1. The van der Waals surface area contributed by atoms with Crippen LogP contribution in [0.15, 0.2) is 11.2 Å². The van der Waals surface area contributed by atoms with Gasteiger partial charge in [-0.1, -0.05) is 6.92 Å². The summed E-state index contributed by atoms with van der Waals surface area (Å²) >= 11 is 0. The number of ether oxygens (including phenoxy) is 1. The molecule has 0 aliphatic carbocycles. The minimum absolute atomic E-state index is 0.109. The van der Waals surface area contributed by atoms with E-state index in [1.54, 1.807) is 18.5 Å². The molecule has 0 aromatic carbocycles. The first-order valence-electron chi connectivity index (χ1n) is 7.93. The molecule has 0 aliphatic rings. The normalized spacial score (nSPS) is 12.0. The zero-order chi connectivity index (χ0) is 19.3. The first-order valence-corrected chi connectivity index (χ1v) is 9.41. The minimum atomic E-state index is -3.79. The Morgan fingerprint density at radius 1 is 1.36 bits per heavy atom. The number of hydrogen-bond acceptors (Lipinski definition) is 6. The highest BCUT2D eigenvalue weighted by molar-refractivity contribution is 7.89. The number of carbonyl (C=O) groups is 2. The Morgan fingerprint density at radius 2 is 2.00 bits per heavy atom. The molecule has 1 aromatic heterocycles. The van der Waals surface area contributed by atoms with Crippen molar-refractivity contribution < 1.29 is 22.7 Å². The lowest BCUT2D eigenvalue weighted by atomic mass is 10.0. The smallest absolute Gasteiger partial charge is 0.307 e. The van der Waals surface area contributed by atoms with Crippen molar-refractivity contribution in [3.8, 4) is 0 Å². The molecule has 1 heterocycles. The van der Waals surface area contributed by atoms with Gasteiger partial charge in [0.05, 0.1) is 6.42 Å². The van der Waals surface area contributed by atoms with Crippen LogP contribution >= 0.6 is 0 Å². The van der Waals surface area contributed by atoms with Gasteiger partial charge in [-0.2, -0.15) is 0 Å². The van der Waals surface area contributed by atoms with Gasteiger partial charge in [0.2, 0.25) is 0 Å². The van der Waals surface area contributed by atoms with Gasteiger partial charge in [-0.25, -0.2) is 18.1 Å². The van der Waals surface area contributed by atoms with Gasteiger partial charge in [0.25, 0.3) is 15.9 Å². The number of amides is 1. The maximum Gasteiger partial charge on any atom is 0.307 e. The van der Waals surface area contributed by atoms with E-state index in [4.69, 9.17) is 4.74 Å². The fraction of sp³-hybridized carbons (Fsp3) is 0.667. The van der Waals surface area contributed by atoms with Crippen molar-refractivity contribution in [1.29, 1.82) is 0 Å². The second-order valence-electron chi connectivity index (χ2n) is 6.33. The van der Waals surface area contributed by atoms with Crippen LogP contribution < -0.4 is 10.0 Å². The number of aryl methyl sites for hydroxylation is 2. The number of rotatable bonds is 9. The third kappa shape index (κ3) is 6.83. The molecule has 25 heavy (non-hydrogen) atoms. The summed E-state index contributed by atoms with van der Waals surface area (Å²) in [4.78, 5) is 27.2. The van der Waals surface area contributed by atoms with Crippen molar-refractivity contribution in [2.24, 2.45) is 7.05 Å². The van der Waals surface area contributed by atoms with E-state index in [1.165, 1.54) is 6.20 Å². The monoisotopic (exact) mass is 374 g/mol. The van der Waals surface area contributed by atoms with Crippen LogP contribution in [0.25, 0.3) is 0 Å². The second-order valence-corrected chi connectivity index (χ2v) is 8.05. The molecule has 2 N–H and O–H groups in total. The predicted molar refractivity (Wildman–Crippen MR) is 91.2 cm³/mol. The Morgan fingerprint density at radius 3 is 2.52 bits per heavy atom. The van der Waals surface area contributed by atoms with Gasteiger partial charge >= 0.3 is 5.97 Å². The van der Waals surface area contributed by atoms with E-state index in [9.17, 15) is 18.0 Å². The molecule has 0 saturated heterocycles. The van der Waals surface area contributed by atoms with Crippen LogP contribution in [0.2, 0.25) is 0 Å². The van der Waals surface area contributed by atoms with E-state index in [0.29, 0.717) is 5.82 Å². The van der Waals surface area contributed by atoms with Crippen LogP contribution in [0.3, 0.4) is 0 Å².